The maximum absolute atomic E-state index is 12.3. The number of nitrogens with zero attached hydrogens (tertiary/aromatic N) is 2. The molecule has 1 aliphatic heterocycles. The number of nitro groups is 1. The van der Waals surface area contributed by atoms with E-state index in [9.17, 15) is 19.7 Å². The number of anilines is 1. The van der Waals surface area contributed by atoms with Gasteiger partial charge in [0.2, 0.25) is 5.91 Å². The molecule has 0 unspecified atom stereocenters. The summed E-state index contributed by atoms with van der Waals surface area (Å²) in [5.74, 6) is -0.576. The van der Waals surface area contributed by atoms with Crippen LogP contribution >= 0.6 is 0 Å². The number of aryl methyl sites for hydroxylation is 1. The number of hydrogen-bond donors (Lipinski definition) is 1. The van der Waals surface area contributed by atoms with Crippen molar-refractivity contribution < 1.29 is 19.2 Å². The van der Waals surface area contributed by atoms with Crippen LogP contribution in [0, 0.1) is 10.1 Å². The van der Waals surface area contributed by atoms with Gasteiger partial charge in [0.1, 0.15) is 0 Å². The van der Waals surface area contributed by atoms with Gasteiger partial charge >= 0.3 is 5.97 Å². The van der Waals surface area contributed by atoms with Crippen LogP contribution in [0.3, 0.4) is 0 Å². The Morgan fingerprint density at radius 1 is 1.17 bits per heavy atom. The van der Waals surface area contributed by atoms with Crippen molar-refractivity contribution in [3.05, 3.63) is 69.8 Å². The Morgan fingerprint density at radius 3 is 2.50 bits per heavy atom. The number of benzene rings is 2. The van der Waals surface area contributed by atoms with Crippen LogP contribution in [0.4, 0.5) is 11.4 Å². The van der Waals surface area contributed by atoms with E-state index < -0.39 is 10.9 Å². The smallest absolute Gasteiger partial charge is 0.340 e. The fraction of sp³-hybridized carbons (Fsp3) is 0.364. The van der Waals surface area contributed by atoms with Crippen LogP contribution in [-0.4, -0.2) is 43.0 Å². The quantitative estimate of drug-likeness (QED) is 0.427. The zero-order valence-electron chi connectivity index (χ0n) is 16.9. The lowest BCUT2D eigenvalue weighted by Gasteiger charge is -2.34. The summed E-state index contributed by atoms with van der Waals surface area (Å²) < 4.78 is 4.79. The van der Waals surface area contributed by atoms with Crippen molar-refractivity contribution in [1.82, 2.24) is 5.32 Å². The van der Waals surface area contributed by atoms with Crippen LogP contribution in [0.25, 0.3) is 0 Å². The van der Waals surface area contributed by atoms with Gasteiger partial charge in [0, 0.05) is 37.7 Å². The summed E-state index contributed by atoms with van der Waals surface area (Å²) in [7, 11) is 1.25. The normalized spacial score (nSPS) is 14.2. The fourth-order valence-corrected chi connectivity index (χ4v) is 3.65. The SMILES string of the molecule is COC(=O)c1cc([N+](=O)[O-])ccc1N1CCC(NC(=O)CCc2ccccc2)CC1. The van der Waals surface area contributed by atoms with E-state index in [2.05, 4.69) is 5.32 Å². The minimum atomic E-state index is -0.606. The minimum absolute atomic E-state index is 0.0305. The van der Waals surface area contributed by atoms with E-state index in [0.29, 0.717) is 31.6 Å². The zero-order chi connectivity index (χ0) is 21.5. The van der Waals surface area contributed by atoms with Crippen molar-refractivity contribution in [2.75, 3.05) is 25.1 Å². The van der Waals surface area contributed by atoms with Gasteiger partial charge in [-0.1, -0.05) is 30.3 Å². The number of esters is 1. The molecule has 2 aromatic rings. The predicted octanol–water partition coefficient (Wildman–Crippen LogP) is 3.10. The van der Waals surface area contributed by atoms with Gasteiger partial charge in [-0.2, -0.15) is 0 Å². The van der Waals surface area contributed by atoms with Crippen LogP contribution in [0.5, 0.6) is 0 Å². The maximum Gasteiger partial charge on any atom is 0.340 e. The molecule has 1 heterocycles. The molecule has 30 heavy (non-hydrogen) atoms. The molecule has 8 heteroatoms. The summed E-state index contributed by atoms with van der Waals surface area (Å²) in [6.45, 7) is 1.26. The highest BCUT2D eigenvalue weighted by atomic mass is 16.6. The highest BCUT2D eigenvalue weighted by Gasteiger charge is 2.25. The van der Waals surface area contributed by atoms with Crippen LogP contribution in [0.2, 0.25) is 0 Å². The van der Waals surface area contributed by atoms with Crippen LogP contribution in [0.1, 0.15) is 35.2 Å². The van der Waals surface area contributed by atoms with E-state index in [1.54, 1.807) is 6.07 Å². The number of piperidine rings is 1. The molecule has 1 amide bonds. The average Bonchev–Trinajstić information content (AvgIpc) is 2.78. The second-order valence-corrected chi connectivity index (χ2v) is 7.26. The van der Waals surface area contributed by atoms with Crippen molar-refractivity contribution in [2.24, 2.45) is 0 Å². The minimum Gasteiger partial charge on any atom is -0.465 e. The molecule has 1 N–H and O–H groups in total. The standard InChI is InChI=1S/C22H25N3O5/c1-30-22(27)19-15-18(25(28)29)8-9-20(19)24-13-11-17(12-14-24)23-21(26)10-7-16-5-3-2-4-6-16/h2-6,8-9,15,17H,7,10-14H2,1H3,(H,23,26). The topological polar surface area (TPSA) is 102 Å². The Kier molecular flexibility index (Phi) is 7.00. The summed E-state index contributed by atoms with van der Waals surface area (Å²) >= 11 is 0. The third-order valence-corrected chi connectivity index (χ3v) is 5.28. The van der Waals surface area contributed by atoms with Gasteiger partial charge in [0.05, 0.1) is 23.3 Å². The molecule has 2 aromatic carbocycles. The number of hydrogen-bond acceptors (Lipinski definition) is 6. The first-order valence-corrected chi connectivity index (χ1v) is 9.93. The molecule has 1 aliphatic rings. The lowest BCUT2D eigenvalue weighted by molar-refractivity contribution is -0.384. The molecule has 0 aromatic heterocycles. The van der Waals surface area contributed by atoms with Crippen molar-refractivity contribution in [3.63, 3.8) is 0 Å². The summed E-state index contributed by atoms with van der Waals surface area (Å²) in [6, 6.07) is 14.2. The Labute approximate surface area is 175 Å². The largest absolute Gasteiger partial charge is 0.465 e. The lowest BCUT2D eigenvalue weighted by Crippen LogP contribution is -2.45. The molecule has 8 nitrogen and oxygen atoms in total. The Hall–Kier alpha value is -3.42. The molecule has 0 spiro atoms. The molecule has 0 radical (unpaired) electrons. The van der Waals surface area contributed by atoms with E-state index in [4.69, 9.17) is 4.74 Å². The Bertz CT molecular complexity index is 908. The number of carbonyl (C=O) groups excluding carboxylic acids is 2. The van der Waals surface area contributed by atoms with Crippen LogP contribution < -0.4 is 10.2 Å². The molecule has 0 aliphatic carbocycles. The number of nitro benzene ring substituents is 1. The van der Waals surface area contributed by atoms with Crippen LogP contribution in [-0.2, 0) is 16.0 Å². The van der Waals surface area contributed by atoms with Gasteiger partial charge in [-0.3, -0.25) is 14.9 Å². The van der Waals surface area contributed by atoms with Gasteiger partial charge in [-0.25, -0.2) is 4.79 Å². The Morgan fingerprint density at radius 2 is 1.87 bits per heavy atom. The van der Waals surface area contributed by atoms with E-state index in [1.165, 1.54) is 19.2 Å². The van der Waals surface area contributed by atoms with Crippen molar-refractivity contribution in [2.45, 2.75) is 31.7 Å². The first kappa shape index (κ1) is 21.3. The number of non-ortho nitro benzene ring substituents is 1. The molecular formula is C22H25N3O5. The lowest BCUT2D eigenvalue weighted by atomic mass is 10.0. The number of ether oxygens (including phenoxy) is 1. The summed E-state index contributed by atoms with van der Waals surface area (Å²) in [6.07, 6.45) is 2.61. The first-order chi connectivity index (χ1) is 14.5. The summed E-state index contributed by atoms with van der Waals surface area (Å²) in [4.78, 5) is 36.9. The molecule has 1 fully saturated rings. The van der Waals surface area contributed by atoms with Gasteiger partial charge in [-0.15, -0.1) is 0 Å². The highest BCUT2D eigenvalue weighted by molar-refractivity contribution is 5.96. The monoisotopic (exact) mass is 411 g/mol. The van der Waals surface area contributed by atoms with Gasteiger partial charge in [0.15, 0.2) is 0 Å². The molecule has 1 saturated heterocycles. The maximum atomic E-state index is 12.3. The molecular weight excluding hydrogens is 386 g/mol. The van der Waals surface area contributed by atoms with E-state index in [-0.39, 0.29) is 23.2 Å². The number of methoxy groups -OCH3 is 1. The molecule has 158 valence electrons. The molecule has 3 rings (SSSR count). The second kappa shape index (κ2) is 9.87. The van der Waals surface area contributed by atoms with Gasteiger partial charge in [-0.05, 0) is 30.9 Å². The molecule has 0 atom stereocenters. The van der Waals surface area contributed by atoms with E-state index in [1.807, 2.05) is 35.2 Å². The highest BCUT2D eigenvalue weighted by Crippen LogP contribution is 2.28. The number of rotatable bonds is 7. The number of amides is 1. The first-order valence-electron chi connectivity index (χ1n) is 9.93. The predicted molar refractivity (Wildman–Crippen MR) is 113 cm³/mol. The van der Waals surface area contributed by atoms with Crippen molar-refractivity contribution in [3.8, 4) is 0 Å². The molecule has 0 saturated carbocycles. The fourth-order valence-electron chi connectivity index (χ4n) is 3.65. The second-order valence-electron chi connectivity index (χ2n) is 7.26. The zero-order valence-corrected chi connectivity index (χ0v) is 16.9. The van der Waals surface area contributed by atoms with Gasteiger partial charge in [0.25, 0.3) is 5.69 Å². The summed E-state index contributed by atoms with van der Waals surface area (Å²) in [5.41, 5.74) is 1.77. The molecule has 0 bridgehead atoms. The number of carbonyl (C=O) groups is 2. The van der Waals surface area contributed by atoms with Crippen LogP contribution in [0.15, 0.2) is 48.5 Å². The summed E-state index contributed by atoms with van der Waals surface area (Å²) in [5, 5.41) is 14.1. The van der Waals surface area contributed by atoms with Crippen molar-refractivity contribution in [1.29, 1.82) is 0 Å². The third kappa shape index (κ3) is 5.34. The Balaban J connectivity index is 1.56. The van der Waals surface area contributed by atoms with E-state index in [0.717, 1.165) is 18.4 Å². The average molecular weight is 411 g/mol. The third-order valence-electron chi connectivity index (χ3n) is 5.28. The number of nitrogens with one attached hydrogen (secondary N) is 1. The van der Waals surface area contributed by atoms with Gasteiger partial charge < -0.3 is 15.0 Å². The van der Waals surface area contributed by atoms with Crippen molar-refractivity contribution >= 4 is 23.3 Å². The van der Waals surface area contributed by atoms with E-state index >= 15 is 0 Å².